The Morgan fingerprint density at radius 1 is 0.846 bits per heavy atom. The molecule has 1 heterocycles. The van der Waals surface area contributed by atoms with Crippen molar-refractivity contribution in [1.82, 2.24) is 4.98 Å². The number of aromatic nitrogens is 1. The van der Waals surface area contributed by atoms with Crippen molar-refractivity contribution in [2.24, 2.45) is 0 Å². The van der Waals surface area contributed by atoms with E-state index in [-0.39, 0.29) is 11.7 Å². The van der Waals surface area contributed by atoms with E-state index in [1.54, 1.807) is 6.20 Å². The number of ketones is 1. The molecule has 0 aliphatic carbocycles. The first kappa shape index (κ1) is 16.9. The molecule has 4 rings (SSSR count). The minimum absolute atomic E-state index is 0.0887. The van der Waals surface area contributed by atoms with Crippen LogP contribution in [0.1, 0.15) is 27.4 Å². The lowest BCUT2D eigenvalue weighted by Gasteiger charge is -2.19. The number of hydrogen-bond donors (Lipinski definition) is 0. The summed E-state index contributed by atoms with van der Waals surface area (Å²) in [6.07, 6.45) is 1.79. The van der Waals surface area contributed by atoms with Gasteiger partial charge >= 0.3 is 0 Å². The van der Waals surface area contributed by atoms with E-state index in [1.807, 2.05) is 72.8 Å². The highest BCUT2D eigenvalue weighted by atomic mass is 127. The molecule has 0 amide bonds. The van der Waals surface area contributed by atoms with Crippen LogP contribution in [0.5, 0.6) is 0 Å². The summed E-state index contributed by atoms with van der Waals surface area (Å²) in [4.78, 5) is 18.1. The predicted molar refractivity (Wildman–Crippen MR) is 114 cm³/mol. The Kier molecular flexibility index (Phi) is 4.80. The Morgan fingerprint density at radius 2 is 1.54 bits per heavy atom. The number of pyridine rings is 1. The van der Waals surface area contributed by atoms with Crippen LogP contribution in [0.2, 0.25) is 0 Å². The lowest BCUT2D eigenvalue weighted by atomic mass is 9.84. The molecule has 0 fully saturated rings. The molecule has 0 spiro atoms. The third-order valence-corrected chi connectivity index (χ3v) is 5.09. The molecule has 0 saturated carbocycles. The third-order valence-electron chi connectivity index (χ3n) is 4.46. The molecule has 0 aliphatic rings. The second-order valence-corrected chi connectivity index (χ2v) is 7.39. The first-order chi connectivity index (χ1) is 12.7. The number of rotatable bonds is 4. The Morgan fingerprint density at radius 3 is 2.27 bits per heavy atom. The molecule has 4 aromatic rings. The largest absolute Gasteiger partial charge is 0.293 e. The maximum Gasteiger partial charge on any atom is 0.174 e. The molecule has 1 atom stereocenters. The van der Waals surface area contributed by atoms with Crippen LogP contribution in [0.4, 0.5) is 0 Å². The Bertz CT molecular complexity index is 1060. The van der Waals surface area contributed by atoms with Crippen molar-refractivity contribution in [3.8, 4) is 0 Å². The Balaban J connectivity index is 1.97. The summed E-state index contributed by atoms with van der Waals surface area (Å²) in [6.45, 7) is 0. The minimum Gasteiger partial charge on any atom is -0.293 e. The van der Waals surface area contributed by atoms with Crippen LogP contribution in [0.3, 0.4) is 0 Å². The quantitative estimate of drug-likeness (QED) is 0.289. The van der Waals surface area contributed by atoms with Crippen LogP contribution < -0.4 is 0 Å². The van der Waals surface area contributed by atoms with E-state index < -0.39 is 0 Å². The van der Waals surface area contributed by atoms with E-state index in [0.29, 0.717) is 5.56 Å². The highest BCUT2D eigenvalue weighted by molar-refractivity contribution is 14.1. The van der Waals surface area contributed by atoms with Crippen molar-refractivity contribution in [3.63, 3.8) is 0 Å². The van der Waals surface area contributed by atoms with E-state index in [9.17, 15) is 4.79 Å². The number of Topliss-reactive ketones (excluding diaryl/α,β-unsaturated/α-hetero) is 1. The SMILES string of the molecule is O=C(c1ccccc1)[C@@H](c1ccccc1)c1cc(I)cc2cccnc12. The number of halogens is 1. The van der Waals surface area contributed by atoms with Crippen LogP contribution in [0, 0.1) is 3.57 Å². The Hall–Kier alpha value is -2.53. The highest BCUT2D eigenvalue weighted by Crippen LogP contribution is 2.34. The van der Waals surface area contributed by atoms with Crippen LogP contribution >= 0.6 is 22.6 Å². The normalized spacial score (nSPS) is 12.0. The molecule has 3 aromatic carbocycles. The fourth-order valence-electron chi connectivity index (χ4n) is 3.29. The molecule has 2 nitrogen and oxygen atoms in total. The maximum atomic E-state index is 13.5. The molecular weight excluding hydrogens is 433 g/mol. The number of benzene rings is 3. The van der Waals surface area contributed by atoms with Gasteiger partial charge in [-0.25, -0.2) is 0 Å². The van der Waals surface area contributed by atoms with Crippen LogP contribution in [0.25, 0.3) is 10.9 Å². The van der Waals surface area contributed by atoms with E-state index in [1.165, 1.54) is 0 Å². The topological polar surface area (TPSA) is 30.0 Å². The van der Waals surface area contributed by atoms with Crippen LogP contribution in [0.15, 0.2) is 91.1 Å². The lowest BCUT2D eigenvalue weighted by Crippen LogP contribution is -2.15. The van der Waals surface area contributed by atoms with Gasteiger partial charge in [0.25, 0.3) is 0 Å². The molecule has 0 aliphatic heterocycles. The van der Waals surface area contributed by atoms with Gasteiger partial charge in [-0.2, -0.15) is 0 Å². The second kappa shape index (κ2) is 7.38. The van der Waals surface area contributed by atoms with Gasteiger partial charge in [-0.1, -0.05) is 66.7 Å². The molecule has 26 heavy (non-hydrogen) atoms. The second-order valence-electron chi connectivity index (χ2n) is 6.14. The third kappa shape index (κ3) is 3.27. The van der Waals surface area contributed by atoms with Crippen molar-refractivity contribution < 1.29 is 4.79 Å². The number of hydrogen-bond acceptors (Lipinski definition) is 2. The summed E-state index contributed by atoms with van der Waals surface area (Å²) in [5, 5.41) is 1.05. The average molecular weight is 449 g/mol. The number of fused-ring (bicyclic) bond motifs is 1. The zero-order chi connectivity index (χ0) is 17.9. The number of carbonyl (C=O) groups excluding carboxylic acids is 1. The van der Waals surface area contributed by atoms with E-state index >= 15 is 0 Å². The summed E-state index contributed by atoms with van der Waals surface area (Å²) < 4.78 is 1.10. The van der Waals surface area contributed by atoms with Crippen molar-refractivity contribution in [1.29, 1.82) is 0 Å². The molecule has 0 unspecified atom stereocenters. The Labute approximate surface area is 166 Å². The predicted octanol–water partition coefficient (Wildman–Crippen LogP) is 5.85. The fraction of sp³-hybridized carbons (Fsp3) is 0.0435. The standard InChI is InChI=1S/C23H16INO/c24-19-14-18-12-7-13-25-22(18)20(15-19)21(16-8-3-1-4-9-16)23(26)17-10-5-2-6-11-17/h1-15,21H/t21-/m0/s1. The minimum atomic E-state index is -0.384. The molecule has 3 heteroatoms. The van der Waals surface area contributed by atoms with Gasteiger partial charge in [-0.15, -0.1) is 0 Å². The van der Waals surface area contributed by atoms with Crippen LogP contribution in [-0.4, -0.2) is 10.8 Å². The number of nitrogens with zero attached hydrogens (tertiary/aromatic N) is 1. The average Bonchev–Trinajstić information content (AvgIpc) is 2.69. The van der Waals surface area contributed by atoms with Gasteiger partial charge in [0.05, 0.1) is 11.4 Å². The van der Waals surface area contributed by atoms with Crippen molar-refractivity contribution in [2.75, 3.05) is 0 Å². The van der Waals surface area contributed by atoms with E-state index in [2.05, 4.69) is 39.7 Å². The molecule has 0 bridgehead atoms. The lowest BCUT2D eigenvalue weighted by molar-refractivity contribution is 0.0974. The molecule has 0 radical (unpaired) electrons. The van der Waals surface area contributed by atoms with Gasteiger partial charge < -0.3 is 0 Å². The highest BCUT2D eigenvalue weighted by Gasteiger charge is 2.26. The van der Waals surface area contributed by atoms with Crippen LogP contribution in [-0.2, 0) is 0 Å². The van der Waals surface area contributed by atoms with Gasteiger partial charge in [-0.3, -0.25) is 9.78 Å². The molecular formula is C23H16INO. The summed E-state index contributed by atoms with van der Waals surface area (Å²) in [7, 11) is 0. The summed E-state index contributed by atoms with van der Waals surface area (Å²) >= 11 is 2.31. The van der Waals surface area contributed by atoms with E-state index in [4.69, 9.17) is 0 Å². The summed E-state index contributed by atoms with van der Waals surface area (Å²) in [6, 6.07) is 27.6. The molecule has 0 saturated heterocycles. The van der Waals surface area contributed by atoms with Gasteiger partial charge in [0.1, 0.15) is 0 Å². The summed E-state index contributed by atoms with van der Waals surface area (Å²) in [5.74, 6) is -0.295. The fourth-order valence-corrected chi connectivity index (χ4v) is 3.96. The zero-order valence-electron chi connectivity index (χ0n) is 14.0. The first-order valence-corrected chi connectivity index (χ1v) is 9.50. The monoisotopic (exact) mass is 449 g/mol. The van der Waals surface area contributed by atoms with Crippen molar-refractivity contribution >= 4 is 39.3 Å². The van der Waals surface area contributed by atoms with Gasteiger partial charge in [0.2, 0.25) is 0 Å². The smallest absolute Gasteiger partial charge is 0.174 e. The van der Waals surface area contributed by atoms with Gasteiger partial charge in [0, 0.05) is 20.7 Å². The van der Waals surface area contributed by atoms with Gasteiger partial charge in [0.15, 0.2) is 5.78 Å². The summed E-state index contributed by atoms with van der Waals surface area (Å²) in [5.41, 5.74) is 3.53. The van der Waals surface area contributed by atoms with Crippen molar-refractivity contribution in [2.45, 2.75) is 5.92 Å². The van der Waals surface area contributed by atoms with Gasteiger partial charge in [-0.05, 0) is 51.9 Å². The molecule has 126 valence electrons. The number of carbonyl (C=O) groups is 1. The van der Waals surface area contributed by atoms with Crippen molar-refractivity contribution in [3.05, 3.63) is 111 Å². The van der Waals surface area contributed by atoms with E-state index in [0.717, 1.165) is 25.6 Å². The first-order valence-electron chi connectivity index (χ1n) is 8.42. The zero-order valence-corrected chi connectivity index (χ0v) is 16.1. The molecule has 0 N–H and O–H groups in total. The molecule has 1 aromatic heterocycles. The maximum absolute atomic E-state index is 13.5.